The van der Waals surface area contributed by atoms with Gasteiger partial charge in [-0.1, -0.05) is 44.9 Å². The lowest BCUT2D eigenvalue weighted by molar-refractivity contribution is 0.281. The van der Waals surface area contributed by atoms with E-state index in [4.69, 9.17) is 10.2 Å². The minimum atomic E-state index is 0.344. The van der Waals surface area contributed by atoms with E-state index < -0.39 is 0 Å². The van der Waals surface area contributed by atoms with Crippen molar-refractivity contribution in [3.8, 4) is 0 Å². The Morgan fingerprint density at radius 1 is 0.385 bits per heavy atom. The Morgan fingerprint density at radius 3 is 0.846 bits per heavy atom. The quantitative estimate of drug-likeness (QED) is 0.517. The van der Waals surface area contributed by atoms with Gasteiger partial charge in [0, 0.05) is 13.2 Å². The van der Waals surface area contributed by atoms with Crippen LogP contribution in [0, 0.1) is 0 Å². The molecule has 0 unspecified atom stereocenters. The SMILES string of the molecule is OCCCCCCCCCCCO. The molecular weight excluding hydrogens is 164 g/mol. The zero-order valence-corrected chi connectivity index (χ0v) is 8.67. The smallest absolute Gasteiger partial charge is 0.0431 e. The van der Waals surface area contributed by atoms with Crippen molar-refractivity contribution in [2.45, 2.75) is 57.8 Å². The summed E-state index contributed by atoms with van der Waals surface area (Å²) in [5.74, 6) is 0. The summed E-state index contributed by atoms with van der Waals surface area (Å²) in [6, 6.07) is 0. The number of aliphatic hydroxyl groups is 2. The highest BCUT2D eigenvalue weighted by molar-refractivity contribution is 4.46. The number of aliphatic hydroxyl groups excluding tert-OH is 2. The molecule has 0 radical (unpaired) electrons. The topological polar surface area (TPSA) is 40.5 Å². The summed E-state index contributed by atoms with van der Waals surface area (Å²) >= 11 is 0. The van der Waals surface area contributed by atoms with Crippen molar-refractivity contribution in [2.75, 3.05) is 13.2 Å². The van der Waals surface area contributed by atoms with Crippen LogP contribution < -0.4 is 0 Å². The molecule has 0 aromatic heterocycles. The molecule has 0 saturated carbocycles. The third-order valence-corrected chi connectivity index (χ3v) is 2.32. The molecule has 80 valence electrons. The van der Waals surface area contributed by atoms with Crippen LogP contribution in [0.5, 0.6) is 0 Å². The number of hydrogen-bond acceptors (Lipinski definition) is 2. The second-order valence-electron chi connectivity index (χ2n) is 3.63. The molecule has 0 atom stereocenters. The Balaban J connectivity index is 2.76. The van der Waals surface area contributed by atoms with Crippen molar-refractivity contribution in [3.05, 3.63) is 0 Å². The predicted octanol–water partition coefficient (Wildman–Crippen LogP) is 2.48. The van der Waals surface area contributed by atoms with Crippen molar-refractivity contribution in [1.82, 2.24) is 0 Å². The van der Waals surface area contributed by atoms with Crippen molar-refractivity contribution >= 4 is 0 Å². The molecule has 0 aromatic carbocycles. The first-order chi connectivity index (χ1) is 6.41. The fraction of sp³-hybridized carbons (Fsp3) is 1.00. The van der Waals surface area contributed by atoms with Gasteiger partial charge in [-0.2, -0.15) is 0 Å². The average molecular weight is 188 g/mol. The summed E-state index contributed by atoms with van der Waals surface area (Å²) in [7, 11) is 0. The van der Waals surface area contributed by atoms with Gasteiger partial charge in [0.15, 0.2) is 0 Å². The Kier molecular flexibility index (Phi) is 11.8. The van der Waals surface area contributed by atoms with Gasteiger partial charge < -0.3 is 10.2 Å². The molecule has 2 heteroatoms. The first-order valence-electron chi connectivity index (χ1n) is 5.63. The van der Waals surface area contributed by atoms with Gasteiger partial charge in [0.1, 0.15) is 0 Å². The highest BCUT2D eigenvalue weighted by atomic mass is 16.3. The molecule has 0 aliphatic heterocycles. The minimum Gasteiger partial charge on any atom is -0.396 e. The largest absolute Gasteiger partial charge is 0.396 e. The third-order valence-electron chi connectivity index (χ3n) is 2.32. The fourth-order valence-corrected chi connectivity index (χ4v) is 1.46. The molecule has 0 aliphatic rings. The third kappa shape index (κ3) is 11.9. The van der Waals surface area contributed by atoms with Gasteiger partial charge in [-0.3, -0.25) is 0 Å². The van der Waals surface area contributed by atoms with E-state index in [-0.39, 0.29) is 0 Å². The standard InChI is InChI=1S/C11H24O2/c12-10-8-6-4-2-1-3-5-7-9-11-13/h12-13H,1-11H2. The molecule has 2 nitrogen and oxygen atoms in total. The molecular formula is C11H24O2. The van der Waals surface area contributed by atoms with Crippen LogP contribution in [0.15, 0.2) is 0 Å². The molecule has 0 saturated heterocycles. The maximum absolute atomic E-state index is 8.54. The summed E-state index contributed by atoms with van der Waals surface area (Å²) in [5.41, 5.74) is 0. The van der Waals surface area contributed by atoms with Crippen LogP contribution in [-0.2, 0) is 0 Å². The molecule has 0 fully saturated rings. The van der Waals surface area contributed by atoms with Crippen LogP contribution >= 0.6 is 0 Å². The Labute approximate surface area is 82.0 Å². The van der Waals surface area contributed by atoms with Crippen molar-refractivity contribution < 1.29 is 10.2 Å². The minimum absolute atomic E-state index is 0.344. The second kappa shape index (κ2) is 11.9. The van der Waals surface area contributed by atoms with Gasteiger partial charge in [0.2, 0.25) is 0 Å². The predicted molar refractivity (Wildman–Crippen MR) is 55.7 cm³/mol. The van der Waals surface area contributed by atoms with E-state index in [0.717, 1.165) is 12.8 Å². The Hall–Kier alpha value is -0.0800. The second-order valence-corrected chi connectivity index (χ2v) is 3.63. The number of hydrogen-bond donors (Lipinski definition) is 2. The van der Waals surface area contributed by atoms with E-state index in [1.807, 2.05) is 0 Å². The monoisotopic (exact) mass is 188 g/mol. The number of unbranched alkanes of at least 4 members (excludes halogenated alkanes) is 8. The van der Waals surface area contributed by atoms with Crippen molar-refractivity contribution in [2.24, 2.45) is 0 Å². The first-order valence-corrected chi connectivity index (χ1v) is 5.63. The molecule has 0 heterocycles. The lowest BCUT2D eigenvalue weighted by Crippen LogP contribution is -1.85. The first kappa shape index (κ1) is 12.9. The summed E-state index contributed by atoms with van der Waals surface area (Å²) in [4.78, 5) is 0. The van der Waals surface area contributed by atoms with Crippen LogP contribution in [0.3, 0.4) is 0 Å². The lowest BCUT2D eigenvalue weighted by atomic mass is 10.1. The van der Waals surface area contributed by atoms with Gasteiger partial charge in [0.05, 0.1) is 0 Å². The van der Waals surface area contributed by atoms with Gasteiger partial charge >= 0.3 is 0 Å². The van der Waals surface area contributed by atoms with Gasteiger partial charge in [-0.25, -0.2) is 0 Å². The lowest BCUT2D eigenvalue weighted by Gasteiger charge is -2.00. The van der Waals surface area contributed by atoms with E-state index >= 15 is 0 Å². The highest BCUT2D eigenvalue weighted by Crippen LogP contribution is 2.09. The summed E-state index contributed by atoms with van der Waals surface area (Å²) < 4.78 is 0. The Bertz CT molecular complexity index is 74.2. The van der Waals surface area contributed by atoms with Gasteiger partial charge in [-0.05, 0) is 12.8 Å². The van der Waals surface area contributed by atoms with Crippen LogP contribution in [0.4, 0.5) is 0 Å². The summed E-state index contributed by atoms with van der Waals surface area (Å²) in [6.45, 7) is 0.688. The molecule has 0 amide bonds. The Morgan fingerprint density at radius 2 is 0.615 bits per heavy atom. The van der Waals surface area contributed by atoms with Gasteiger partial charge in [-0.15, -0.1) is 0 Å². The molecule has 0 bridgehead atoms. The summed E-state index contributed by atoms with van der Waals surface area (Å²) in [6.07, 6.45) is 10.7. The zero-order chi connectivity index (χ0) is 9.78. The van der Waals surface area contributed by atoms with Crippen LogP contribution in [0.1, 0.15) is 57.8 Å². The molecule has 0 rings (SSSR count). The van der Waals surface area contributed by atoms with E-state index in [0.29, 0.717) is 13.2 Å². The van der Waals surface area contributed by atoms with Crippen LogP contribution in [-0.4, -0.2) is 23.4 Å². The molecule has 0 spiro atoms. The molecule has 2 N–H and O–H groups in total. The van der Waals surface area contributed by atoms with E-state index in [2.05, 4.69) is 0 Å². The maximum atomic E-state index is 8.54. The van der Waals surface area contributed by atoms with Crippen LogP contribution in [0.25, 0.3) is 0 Å². The van der Waals surface area contributed by atoms with Crippen LogP contribution in [0.2, 0.25) is 0 Å². The van der Waals surface area contributed by atoms with Gasteiger partial charge in [0.25, 0.3) is 0 Å². The fourth-order valence-electron chi connectivity index (χ4n) is 1.46. The van der Waals surface area contributed by atoms with E-state index in [9.17, 15) is 0 Å². The van der Waals surface area contributed by atoms with Crippen molar-refractivity contribution in [1.29, 1.82) is 0 Å². The molecule has 0 aromatic rings. The summed E-state index contributed by atoms with van der Waals surface area (Å²) in [5, 5.41) is 17.1. The van der Waals surface area contributed by atoms with E-state index in [1.165, 1.54) is 44.9 Å². The maximum Gasteiger partial charge on any atom is 0.0431 e. The van der Waals surface area contributed by atoms with E-state index in [1.54, 1.807) is 0 Å². The zero-order valence-electron chi connectivity index (χ0n) is 8.67. The molecule has 0 aliphatic carbocycles. The normalized spacial score (nSPS) is 10.6. The van der Waals surface area contributed by atoms with Crippen molar-refractivity contribution in [3.63, 3.8) is 0 Å². The number of rotatable bonds is 10. The molecule has 13 heavy (non-hydrogen) atoms. The highest BCUT2D eigenvalue weighted by Gasteiger charge is 1.91. The average Bonchev–Trinajstić information content (AvgIpc) is 2.16.